The highest BCUT2D eigenvalue weighted by molar-refractivity contribution is 6.32. The summed E-state index contributed by atoms with van der Waals surface area (Å²) < 4.78 is 19.3. The van der Waals surface area contributed by atoms with Crippen LogP contribution in [0.2, 0.25) is 5.02 Å². The van der Waals surface area contributed by atoms with Crippen LogP contribution in [-0.4, -0.2) is 53.7 Å². The van der Waals surface area contributed by atoms with E-state index in [9.17, 15) is 19.2 Å². The van der Waals surface area contributed by atoms with Crippen LogP contribution in [-0.2, 0) is 11.2 Å². The summed E-state index contributed by atoms with van der Waals surface area (Å²) in [6, 6.07) is 13.6. The molecule has 1 saturated carbocycles. The number of amides is 1. The first kappa shape index (κ1) is 27.5. The van der Waals surface area contributed by atoms with E-state index in [0.29, 0.717) is 29.3 Å². The first-order valence-corrected chi connectivity index (χ1v) is 13.9. The number of fused-ring (bicyclic) bond motifs is 1. The van der Waals surface area contributed by atoms with Crippen molar-refractivity contribution >= 4 is 28.3 Å². The number of carbonyl (C=O) groups excluding carboxylic acids is 1. The maximum Gasteiger partial charge on any atom is 0.248 e. The molecular formula is C30H33ClFN3O4. The van der Waals surface area contributed by atoms with Gasteiger partial charge in [-0.05, 0) is 97.8 Å². The molecule has 2 N–H and O–H groups in total. The number of aliphatic hydroxyl groups is 1. The van der Waals surface area contributed by atoms with E-state index in [1.807, 2.05) is 18.2 Å². The molecule has 3 aromatic rings. The van der Waals surface area contributed by atoms with Gasteiger partial charge in [-0.15, -0.1) is 4.91 Å². The van der Waals surface area contributed by atoms with Crippen LogP contribution in [0.15, 0.2) is 59.8 Å². The summed E-state index contributed by atoms with van der Waals surface area (Å²) in [5, 5.41) is 19.4. The Morgan fingerprint density at radius 3 is 2.56 bits per heavy atom. The van der Waals surface area contributed by atoms with Crippen LogP contribution < -0.4 is 10.1 Å². The molecule has 3 unspecified atom stereocenters. The number of aliphatic hydroxyl groups excluding tert-OH is 1. The van der Waals surface area contributed by atoms with E-state index >= 15 is 0 Å². The molecule has 0 aromatic heterocycles. The minimum Gasteiger partial charge on any atom is -0.489 e. The molecule has 5 rings (SSSR count). The lowest BCUT2D eigenvalue weighted by molar-refractivity contribution is -0.124. The summed E-state index contributed by atoms with van der Waals surface area (Å²) in [4.78, 5) is 27.1. The molecule has 2 fully saturated rings. The largest absolute Gasteiger partial charge is 0.489 e. The molecule has 9 heteroatoms. The van der Waals surface area contributed by atoms with Crippen LogP contribution in [0.1, 0.15) is 49.3 Å². The number of halogens is 2. The molecule has 3 atom stereocenters. The maximum absolute atomic E-state index is 13.5. The summed E-state index contributed by atoms with van der Waals surface area (Å²) in [6.07, 6.45) is 3.98. The van der Waals surface area contributed by atoms with Gasteiger partial charge in [0.25, 0.3) is 0 Å². The van der Waals surface area contributed by atoms with Crippen LogP contribution in [0.3, 0.4) is 0 Å². The molecule has 1 aliphatic carbocycles. The Morgan fingerprint density at radius 1 is 1.10 bits per heavy atom. The van der Waals surface area contributed by atoms with Crippen molar-refractivity contribution in [2.45, 2.75) is 62.8 Å². The molecule has 1 saturated heterocycles. The zero-order valence-electron chi connectivity index (χ0n) is 21.7. The van der Waals surface area contributed by atoms with Gasteiger partial charge in [0, 0.05) is 6.54 Å². The highest BCUT2D eigenvalue weighted by atomic mass is 35.5. The van der Waals surface area contributed by atoms with Gasteiger partial charge in [0.1, 0.15) is 17.7 Å². The number of carbonyl (C=O) groups is 1. The fraction of sp³-hybridized carbons (Fsp3) is 0.433. The van der Waals surface area contributed by atoms with E-state index in [1.165, 1.54) is 12.1 Å². The molecule has 1 heterocycles. The minimum atomic E-state index is -1.11. The van der Waals surface area contributed by atoms with Gasteiger partial charge in [0.05, 0.1) is 17.2 Å². The topological polar surface area (TPSA) is 91.2 Å². The number of hydrogen-bond donors (Lipinski definition) is 2. The molecular weight excluding hydrogens is 521 g/mol. The Labute approximate surface area is 232 Å². The minimum absolute atomic E-state index is 0.200. The van der Waals surface area contributed by atoms with Crippen LogP contribution in [0.4, 0.5) is 4.39 Å². The lowest BCUT2D eigenvalue weighted by Gasteiger charge is -2.29. The lowest BCUT2D eigenvalue weighted by Crippen LogP contribution is -2.49. The summed E-state index contributed by atoms with van der Waals surface area (Å²) in [5.41, 5.74) is 1.49. The predicted molar refractivity (Wildman–Crippen MR) is 149 cm³/mol. The second-order valence-electron chi connectivity index (χ2n) is 10.6. The molecule has 39 heavy (non-hydrogen) atoms. The van der Waals surface area contributed by atoms with Crippen LogP contribution in [0, 0.1) is 10.7 Å². The first-order valence-electron chi connectivity index (χ1n) is 13.6. The van der Waals surface area contributed by atoms with Gasteiger partial charge >= 0.3 is 0 Å². The van der Waals surface area contributed by atoms with Crippen molar-refractivity contribution in [1.82, 2.24) is 10.2 Å². The smallest absolute Gasteiger partial charge is 0.248 e. The van der Waals surface area contributed by atoms with Gasteiger partial charge in [-0.2, -0.15) is 0 Å². The Morgan fingerprint density at radius 2 is 1.85 bits per heavy atom. The summed E-state index contributed by atoms with van der Waals surface area (Å²) >= 11 is 6.43. The van der Waals surface area contributed by atoms with Crippen molar-refractivity contribution in [3.8, 4) is 5.75 Å². The van der Waals surface area contributed by atoms with E-state index in [4.69, 9.17) is 16.3 Å². The third kappa shape index (κ3) is 7.12. The lowest BCUT2D eigenvalue weighted by atomic mass is 9.99. The second kappa shape index (κ2) is 12.4. The van der Waals surface area contributed by atoms with E-state index in [-0.39, 0.29) is 18.3 Å². The number of nitroso groups, excluding NO2 is 1. The number of nitrogens with zero attached hydrogens (tertiary/aromatic N) is 2. The molecule has 0 radical (unpaired) electrons. The maximum atomic E-state index is 13.5. The summed E-state index contributed by atoms with van der Waals surface area (Å²) in [7, 11) is 0. The van der Waals surface area contributed by atoms with Crippen LogP contribution in [0.25, 0.3) is 10.8 Å². The molecule has 1 amide bonds. The van der Waals surface area contributed by atoms with E-state index in [0.717, 1.165) is 55.1 Å². The second-order valence-corrected chi connectivity index (χ2v) is 11.0. The van der Waals surface area contributed by atoms with Gasteiger partial charge in [-0.25, -0.2) is 4.39 Å². The third-order valence-corrected chi connectivity index (χ3v) is 7.78. The van der Waals surface area contributed by atoms with Gasteiger partial charge in [0.2, 0.25) is 5.91 Å². The van der Waals surface area contributed by atoms with Crippen LogP contribution >= 0.6 is 11.6 Å². The number of aryl methyl sites for hydroxylation is 1. The number of nitrogens with one attached hydrogen (secondary N) is 1. The number of hydrogen-bond acceptors (Lipinski definition) is 6. The Kier molecular flexibility index (Phi) is 8.75. The number of likely N-dealkylation sites (tertiary alicyclic amines) is 1. The van der Waals surface area contributed by atoms with Crippen molar-refractivity contribution in [2.75, 3.05) is 19.6 Å². The van der Waals surface area contributed by atoms with Gasteiger partial charge in [0.15, 0.2) is 6.04 Å². The Balaban J connectivity index is 1.26. The number of benzene rings is 3. The van der Waals surface area contributed by atoms with Crippen molar-refractivity contribution in [2.24, 2.45) is 5.18 Å². The van der Waals surface area contributed by atoms with Gasteiger partial charge in [-0.1, -0.05) is 47.1 Å². The Hall–Kier alpha value is -3.07. The Bertz CT molecular complexity index is 1330. The highest BCUT2D eigenvalue weighted by Gasteiger charge is 2.30. The first-order chi connectivity index (χ1) is 18.9. The van der Waals surface area contributed by atoms with E-state index in [2.05, 4.69) is 15.4 Å². The van der Waals surface area contributed by atoms with Gasteiger partial charge in [-0.3, -0.25) is 4.79 Å². The molecule has 3 aromatic carbocycles. The average molecular weight is 554 g/mol. The molecule has 1 aliphatic heterocycles. The van der Waals surface area contributed by atoms with Crippen molar-refractivity contribution < 1.29 is 19.0 Å². The third-order valence-electron chi connectivity index (χ3n) is 7.48. The molecule has 0 bridgehead atoms. The summed E-state index contributed by atoms with van der Waals surface area (Å²) in [5.74, 6) is -0.234. The standard InChI is InChI=1S/C30H33ClFN3O4/c31-25-17-22(7-12-28(25)39-24-9-10-24)29(36)27(18-35-13-1-2-14-35)33-30(37)26(34-38)11-4-19-3-5-21-16-23(32)8-6-20(21)15-19/h3,5-8,12,15-17,24,26-27,29,36H,1-2,4,9-11,13-14,18H2,(H,33,37). The molecule has 2 aliphatic rings. The molecule has 7 nitrogen and oxygen atoms in total. The summed E-state index contributed by atoms with van der Waals surface area (Å²) in [6.45, 7) is 2.21. The van der Waals surface area contributed by atoms with Gasteiger partial charge < -0.3 is 20.1 Å². The molecule has 206 valence electrons. The van der Waals surface area contributed by atoms with Crippen molar-refractivity contribution in [3.05, 3.63) is 81.5 Å². The zero-order valence-corrected chi connectivity index (χ0v) is 22.4. The van der Waals surface area contributed by atoms with Crippen molar-refractivity contribution in [3.63, 3.8) is 0 Å². The van der Waals surface area contributed by atoms with E-state index < -0.39 is 24.1 Å². The van der Waals surface area contributed by atoms with Crippen LogP contribution in [0.5, 0.6) is 5.75 Å². The zero-order chi connectivity index (χ0) is 27.4. The monoisotopic (exact) mass is 553 g/mol. The average Bonchev–Trinajstić information content (AvgIpc) is 3.60. The SMILES string of the molecule is O=NC(CCc1ccc2cc(F)ccc2c1)C(=O)NC(CN1CCCC1)C(O)c1ccc(OC2CC2)c(Cl)c1. The quantitative estimate of drug-likeness (QED) is 0.287. The number of ether oxygens (including phenoxy) is 1. The fourth-order valence-electron chi connectivity index (χ4n) is 5.10. The highest BCUT2D eigenvalue weighted by Crippen LogP contribution is 2.34. The number of rotatable bonds is 12. The molecule has 0 spiro atoms. The van der Waals surface area contributed by atoms with E-state index in [1.54, 1.807) is 24.3 Å². The van der Waals surface area contributed by atoms with Crippen molar-refractivity contribution in [1.29, 1.82) is 0 Å². The fourth-order valence-corrected chi connectivity index (χ4v) is 5.33. The predicted octanol–water partition coefficient (Wildman–Crippen LogP) is 5.56. The normalized spacial score (nSPS) is 18.0.